The van der Waals surface area contributed by atoms with E-state index in [-0.39, 0.29) is 5.69 Å². The van der Waals surface area contributed by atoms with Gasteiger partial charge in [0.1, 0.15) is 10.8 Å². The highest BCUT2D eigenvalue weighted by Crippen LogP contribution is 2.21. The average molecular weight is 341 g/mol. The van der Waals surface area contributed by atoms with Crippen LogP contribution >= 0.6 is 11.3 Å². The Balaban J connectivity index is 1.60. The van der Waals surface area contributed by atoms with E-state index in [0.717, 1.165) is 16.4 Å². The summed E-state index contributed by atoms with van der Waals surface area (Å²) < 4.78 is 4.87. The topological polar surface area (TPSA) is 89.9 Å². The molecule has 0 bridgehead atoms. The first-order chi connectivity index (χ1) is 11.8. The van der Waals surface area contributed by atoms with Gasteiger partial charge in [0, 0.05) is 11.6 Å². The van der Waals surface area contributed by atoms with Gasteiger partial charge in [-0.25, -0.2) is 9.78 Å². The Hall–Kier alpha value is -2.87. The zero-order valence-corrected chi connectivity index (χ0v) is 13.8. The summed E-state index contributed by atoms with van der Waals surface area (Å²) in [5.41, 5.74) is 1.93. The third-order valence-electron chi connectivity index (χ3n) is 3.04. The molecule has 0 fully saturated rings. The lowest BCUT2D eigenvalue weighted by Crippen LogP contribution is -2.09. The van der Waals surface area contributed by atoms with Gasteiger partial charge in [-0.15, -0.1) is 21.5 Å². The van der Waals surface area contributed by atoms with Crippen LogP contribution < -0.4 is 5.32 Å². The van der Waals surface area contributed by atoms with Gasteiger partial charge < -0.3 is 10.1 Å². The molecule has 0 aromatic carbocycles. The highest BCUT2D eigenvalue weighted by Gasteiger charge is 2.09. The fourth-order valence-electron chi connectivity index (χ4n) is 1.92. The van der Waals surface area contributed by atoms with E-state index in [4.69, 9.17) is 4.74 Å². The highest BCUT2D eigenvalue weighted by atomic mass is 32.1. The fraction of sp³-hybridized carbons (Fsp3) is 0.188. The van der Waals surface area contributed by atoms with Crippen molar-refractivity contribution in [1.29, 1.82) is 0 Å². The third kappa shape index (κ3) is 3.90. The number of anilines is 1. The van der Waals surface area contributed by atoms with Gasteiger partial charge in [-0.1, -0.05) is 6.07 Å². The van der Waals surface area contributed by atoms with Gasteiger partial charge in [0.05, 0.1) is 24.5 Å². The Morgan fingerprint density at radius 1 is 1.25 bits per heavy atom. The van der Waals surface area contributed by atoms with Crippen molar-refractivity contribution in [3.8, 4) is 10.7 Å². The molecular formula is C16H15N5O2S. The second-order valence-electron chi connectivity index (χ2n) is 4.74. The molecule has 0 aliphatic carbocycles. The van der Waals surface area contributed by atoms with E-state index >= 15 is 0 Å². The predicted octanol–water partition coefficient (Wildman–Crippen LogP) is 2.78. The SMILES string of the molecule is CCOC(=O)c1ccc(NCc2csc(-c3ccccn3)n2)nn1. The number of hydrogen-bond donors (Lipinski definition) is 1. The summed E-state index contributed by atoms with van der Waals surface area (Å²) in [6.07, 6.45) is 1.75. The zero-order valence-electron chi connectivity index (χ0n) is 13.0. The van der Waals surface area contributed by atoms with Gasteiger partial charge in [0.25, 0.3) is 0 Å². The fourth-order valence-corrected chi connectivity index (χ4v) is 2.71. The van der Waals surface area contributed by atoms with Crippen molar-refractivity contribution in [2.75, 3.05) is 11.9 Å². The summed E-state index contributed by atoms with van der Waals surface area (Å²) in [6.45, 7) is 2.56. The Labute approximate surface area is 142 Å². The Morgan fingerprint density at radius 2 is 2.17 bits per heavy atom. The molecule has 0 aliphatic heterocycles. The smallest absolute Gasteiger partial charge is 0.358 e. The first kappa shape index (κ1) is 16.0. The number of thiazole rings is 1. The van der Waals surface area contributed by atoms with E-state index in [0.29, 0.717) is 19.0 Å². The maximum absolute atomic E-state index is 11.5. The Morgan fingerprint density at radius 3 is 2.88 bits per heavy atom. The number of esters is 1. The lowest BCUT2D eigenvalue weighted by atomic mass is 10.3. The van der Waals surface area contributed by atoms with E-state index in [1.54, 1.807) is 25.3 Å². The van der Waals surface area contributed by atoms with Crippen LogP contribution in [0.3, 0.4) is 0 Å². The largest absolute Gasteiger partial charge is 0.461 e. The minimum Gasteiger partial charge on any atom is -0.461 e. The lowest BCUT2D eigenvalue weighted by Gasteiger charge is -2.04. The molecule has 122 valence electrons. The number of rotatable bonds is 6. The number of pyridine rings is 1. The van der Waals surface area contributed by atoms with Crippen LogP contribution in [0.25, 0.3) is 10.7 Å². The summed E-state index contributed by atoms with van der Waals surface area (Å²) in [7, 11) is 0. The standard InChI is InChI=1S/C16H15N5O2S/c1-2-23-16(22)13-6-7-14(21-20-13)18-9-11-10-24-15(19-11)12-5-3-4-8-17-12/h3-8,10H,2,9H2,1H3,(H,18,21). The van der Waals surface area contributed by atoms with Crippen molar-refractivity contribution in [3.05, 3.63) is 53.3 Å². The van der Waals surface area contributed by atoms with Crippen LogP contribution in [0.2, 0.25) is 0 Å². The number of nitrogens with one attached hydrogen (secondary N) is 1. The number of carbonyl (C=O) groups excluding carboxylic acids is 1. The van der Waals surface area contributed by atoms with E-state index in [2.05, 4.69) is 25.5 Å². The molecule has 3 aromatic rings. The monoisotopic (exact) mass is 341 g/mol. The maximum atomic E-state index is 11.5. The normalized spacial score (nSPS) is 10.4. The van der Waals surface area contributed by atoms with Crippen molar-refractivity contribution in [2.45, 2.75) is 13.5 Å². The molecule has 8 heteroatoms. The van der Waals surface area contributed by atoms with Crippen LogP contribution in [0.5, 0.6) is 0 Å². The Bertz CT molecular complexity index is 805. The van der Waals surface area contributed by atoms with Crippen LogP contribution in [-0.4, -0.2) is 32.7 Å². The van der Waals surface area contributed by atoms with Crippen LogP contribution in [0, 0.1) is 0 Å². The lowest BCUT2D eigenvalue weighted by molar-refractivity contribution is 0.0518. The van der Waals surface area contributed by atoms with Crippen molar-refractivity contribution in [2.24, 2.45) is 0 Å². The molecule has 0 radical (unpaired) electrons. The van der Waals surface area contributed by atoms with Crippen molar-refractivity contribution < 1.29 is 9.53 Å². The molecule has 0 spiro atoms. The molecule has 0 saturated carbocycles. The van der Waals surface area contributed by atoms with Gasteiger partial charge in [0.2, 0.25) is 0 Å². The molecule has 0 unspecified atom stereocenters. The van der Waals surface area contributed by atoms with Crippen molar-refractivity contribution in [3.63, 3.8) is 0 Å². The van der Waals surface area contributed by atoms with Gasteiger partial charge >= 0.3 is 5.97 Å². The Kier molecular flexibility index (Phi) is 5.07. The molecule has 7 nitrogen and oxygen atoms in total. The molecule has 0 atom stereocenters. The van der Waals surface area contributed by atoms with Crippen molar-refractivity contribution in [1.82, 2.24) is 20.2 Å². The van der Waals surface area contributed by atoms with E-state index in [1.807, 2.05) is 23.6 Å². The third-order valence-corrected chi connectivity index (χ3v) is 3.95. The first-order valence-corrected chi connectivity index (χ1v) is 8.24. The predicted molar refractivity (Wildman–Crippen MR) is 90.7 cm³/mol. The summed E-state index contributed by atoms with van der Waals surface area (Å²) in [4.78, 5) is 20.3. The second kappa shape index (κ2) is 7.60. The number of aromatic nitrogens is 4. The molecule has 0 saturated heterocycles. The average Bonchev–Trinajstić information content (AvgIpc) is 3.10. The minimum atomic E-state index is -0.476. The molecule has 0 amide bonds. The molecule has 0 aliphatic rings. The minimum absolute atomic E-state index is 0.188. The number of ether oxygens (including phenoxy) is 1. The summed E-state index contributed by atoms with van der Waals surface area (Å²) in [5.74, 6) is 0.0893. The molecule has 3 rings (SSSR count). The molecule has 3 aromatic heterocycles. The van der Waals surface area contributed by atoms with Crippen LogP contribution in [0.15, 0.2) is 41.9 Å². The first-order valence-electron chi connectivity index (χ1n) is 7.37. The van der Waals surface area contributed by atoms with E-state index in [9.17, 15) is 4.79 Å². The van der Waals surface area contributed by atoms with Gasteiger partial charge in [0.15, 0.2) is 5.69 Å². The number of hydrogen-bond acceptors (Lipinski definition) is 8. The van der Waals surface area contributed by atoms with Gasteiger partial charge in [-0.2, -0.15) is 0 Å². The zero-order chi connectivity index (χ0) is 16.8. The van der Waals surface area contributed by atoms with E-state index < -0.39 is 5.97 Å². The second-order valence-corrected chi connectivity index (χ2v) is 5.59. The maximum Gasteiger partial charge on any atom is 0.358 e. The van der Waals surface area contributed by atoms with Crippen LogP contribution in [0.1, 0.15) is 23.1 Å². The summed E-state index contributed by atoms with van der Waals surface area (Å²) in [6, 6.07) is 9.00. The van der Waals surface area contributed by atoms with E-state index in [1.165, 1.54) is 11.3 Å². The molecule has 1 N–H and O–H groups in total. The van der Waals surface area contributed by atoms with Crippen LogP contribution in [-0.2, 0) is 11.3 Å². The highest BCUT2D eigenvalue weighted by molar-refractivity contribution is 7.13. The van der Waals surface area contributed by atoms with Crippen LogP contribution in [0.4, 0.5) is 5.82 Å². The number of carbonyl (C=O) groups is 1. The van der Waals surface area contributed by atoms with Crippen molar-refractivity contribution >= 4 is 23.1 Å². The summed E-state index contributed by atoms with van der Waals surface area (Å²) in [5, 5.41) is 13.8. The number of nitrogens with zero attached hydrogens (tertiary/aromatic N) is 4. The van der Waals surface area contributed by atoms with Gasteiger partial charge in [-0.05, 0) is 31.2 Å². The molecule has 3 heterocycles. The summed E-state index contributed by atoms with van der Waals surface area (Å²) >= 11 is 1.54. The van der Waals surface area contributed by atoms with Gasteiger partial charge in [-0.3, -0.25) is 4.98 Å². The molecular weight excluding hydrogens is 326 g/mol. The quantitative estimate of drug-likeness (QED) is 0.689. The molecule has 24 heavy (non-hydrogen) atoms.